The molecule has 2 aromatic carbocycles. The van der Waals surface area contributed by atoms with E-state index in [9.17, 15) is 13.2 Å². The Hall–Kier alpha value is -2.42. The smallest absolute Gasteiger partial charge is 0.315 e. The van der Waals surface area contributed by atoms with Crippen LogP contribution in [0, 0.1) is 0 Å². The second-order valence-corrected chi connectivity index (χ2v) is 9.54. The van der Waals surface area contributed by atoms with Crippen LogP contribution in [-0.2, 0) is 16.6 Å². The van der Waals surface area contributed by atoms with Gasteiger partial charge in [0, 0.05) is 25.7 Å². The number of amides is 2. The Morgan fingerprint density at radius 1 is 1.10 bits per heavy atom. The first kappa shape index (κ1) is 22.3. The highest BCUT2D eigenvalue weighted by Gasteiger charge is 2.22. The minimum absolute atomic E-state index is 0.139. The average molecular weight is 431 g/mol. The van der Waals surface area contributed by atoms with Crippen LogP contribution in [0.3, 0.4) is 0 Å². The largest absolute Gasteiger partial charge is 0.335 e. The molecule has 0 bridgehead atoms. The van der Waals surface area contributed by atoms with E-state index < -0.39 is 10.0 Å². The lowest BCUT2D eigenvalue weighted by atomic mass is 10.0. The number of carbonyl (C=O) groups excluding carboxylic acids is 1. The molecule has 162 valence electrons. The molecule has 0 radical (unpaired) electrons. The Labute approximate surface area is 178 Å². The van der Waals surface area contributed by atoms with E-state index in [1.807, 2.05) is 19.1 Å². The second-order valence-electron chi connectivity index (χ2n) is 7.66. The molecule has 8 heteroatoms. The lowest BCUT2D eigenvalue weighted by Gasteiger charge is -2.32. The number of carbonyl (C=O) groups is 1. The number of sulfonamides is 1. The van der Waals surface area contributed by atoms with Gasteiger partial charge in [0.15, 0.2) is 0 Å². The minimum atomic E-state index is -3.52. The van der Waals surface area contributed by atoms with Crippen molar-refractivity contribution in [2.24, 2.45) is 0 Å². The van der Waals surface area contributed by atoms with Crippen molar-refractivity contribution in [3.8, 4) is 0 Å². The molecule has 2 aromatic rings. The lowest BCUT2D eigenvalue weighted by molar-refractivity contribution is 0.186. The third kappa shape index (κ3) is 6.04. The number of urea groups is 1. The number of hydrogen-bond donors (Lipinski definition) is 3. The van der Waals surface area contributed by atoms with Gasteiger partial charge in [0.25, 0.3) is 0 Å². The van der Waals surface area contributed by atoms with E-state index in [4.69, 9.17) is 0 Å². The highest BCUT2D eigenvalue weighted by molar-refractivity contribution is 7.89. The second kappa shape index (κ2) is 10.1. The molecule has 0 aromatic heterocycles. The van der Waals surface area contributed by atoms with Crippen molar-refractivity contribution in [3.05, 3.63) is 65.7 Å². The lowest BCUT2D eigenvalue weighted by Crippen LogP contribution is -2.48. The van der Waals surface area contributed by atoms with Crippen LogP contribution in [0.5, 0.6) is 0 Å². The Kier molecular flexibility index (Phi) is 7.47. The molecule has 2 amide bonds. The van der Waals surface area contributed by atoms with Crippen LogP contribution in [0.25, 0.3) is 0 Å². The van der Waals surface area contributed by atoms with Gasteiger partial charge in [0.05, 0.1) is 10.9 Å². The van der Waals surface area contributed by atoms with Crippen LogP contribution in [0.2, 0.25) is 0 Å². The molecule has 1 aliphatic rings. The monoisotopic (exact) mass is 430 g/mol. The fraction of sp³-hybridized carbons (Fsp3) is 0.409. The van der Waals surface area contributed by atoms with Crippen molar-refractivity contribution >= 4 is 16.1 Å². The topological polar surface area (TPSA) is 90.5 Å². The van der Waals surface area contributed by atoms with Gasteiger partial charge in [0.2, 0.25) is 10.0 Å². The van der Waals surface area contributed by atoms with E-state index in [1.165, 1.54) is 18.7 Å². The first-order valence-electron chi connectivity index (χ1n) is 10.2. The molecule has 1 saturated heterocycles. The van der Waals surface area contributed by atoms with Crippen LogP contribution in [0.15, 0.2) is 59.5 Å². The number of benzene rings is 2. The first-order chi connectivity index (χ1) is 14.4. The Morgan fingerprint density at radius 3 is 2.47 bits per heavy atom. The molecule has 0 saturated carbocycles. The Balaban J connectivity index is 1.47. The summed E-state index contributed by atoms with van der Waals surface area (Å²) in [5, 5.41) is 5.96. The maximum absolute atomic E-state index is 12.4. The standard InChI is InChI=1S/C22H30N4O3S/c1-17(19-9-6-10-21(15-19)30(28,29)23-2)24-22(27)25-20-11-13-26(14-12-20)16-18-7-4-3-5-8-18/h3-10,15,17,20,23H,11-14,16H2,1-2H3,(H2,24,25,27). The number of nitrogens with zero attached hydrogens (tertiary/aromatic N) is 1. The van der Waals surface area contributed by atoms with Gasteiger partial charge in [-0.25, -0.2) is 17.9 Å². The Morgan fingerprint density at radius 2 is 1.80 bits per heavy atom. The Bertz CT molecular complexity index is 942. The molecular weight excluding hydrogens is 400 g/mol. The van der Waals surface area contributed by atoms with Crippen LogP contribution in [0.4, 0.5) is 4.79 Å². The minimum Gasteiger partial charge on any atom is -0.335 e. The van der Waals surface area contributed by atoms with Crippen molar-refractivity contribution in [2.45, 2.75) is 43.3 Å². The zero-order chi connectivity index (χ0) is 21.6. The molecular formula is C22H30N4O3S. The van der Waals surface area contributed by atoms with E-state index in [1.54, 1.807) is 12.1 Å². The summed E-state index contributed by atoms with van der Waals surface area (Å²) in [5.41, 5.74) is 2.04. The zero-order valence-corrected chi connectivity index (χ0v) is 18.3. The maximum atomic E-state index is 12.4. The van der Waals surface area contributed by atoms with Gasteiger partial charge in [-0.2, -0.15) is 0 Å². The first-order valence-corrected chi connectivity index (χ1v) is 11.7. The van der Waals surface area contributed by atoms with Crippen LogP contribution in [-0.4, -0.2) is 45.5 Å². The predicted octanol–water partition coefficient (Wildman–Crippen LogP) is 2.62. The quantitative estimate of drug-likeness (QED) is 0.630. The van der Waals surface area contributed by atoms with Crippen LogP contribution < -0.4 is 15.4 Å². The fourth-order valence-corrected chi connectivity index (χ4v) is 4.44. The molecule has 0 aliphatic carbocycles. The molecule has 1 aliphatic heterocycles. The molecule has 1 unspecified atom stereocenters. The van der Waals surface area contributed by atoms with E-state index in [0.717, 1.165) is 38.0 Å². The van der Waals surface area contributed by atoms with Gasteiger partial charge < -0.3 is 10.6 Å². The van der Waals surface area contributed by atoms with Gasteiger partial charge in [-0.1, -0.05) is 42.5 Å². The van der Waals surface area contributed by atoms with Gasteiger partial charge in [-0.05, 0) is 50.1 Å². The van der Waals surface area contributed by atoms with E-state index in [-0.39, 0.29) is 23.0 Å². The molecule has 1 heterocycles. The molecule has 7 nitrogen and oxygen atoms in total. The van der Waals surface area contributed by atoms with Gasteiger partial charge in [-0.15, -0.1) is 0 Å². The highest BCUT2D eigenvalue weighted by atomic mass is 32.2. The van der Waals surface area contributed by atoms with Crippen LogP contribution in [0.1, 0.15) is 36.9 Å². The summed E-state index contributed by atoms with van der Waals surface area (Å²) in [4.78, 5) is 15.0. The van der Waals surface area contributed by atoms with Crippen molar-refractivity contribution in [2.75, 3.05) is 20.1 Å². The summed E-state index contributed by atoms with van der Waals surface area (Å²) in [6.45, 7) is 4.66. The summed E-state index contributed by atoms with van der Waals surface area (Å²) in [6.07, 6.45) is 1.81. The molecule has 0 spiro atoms. The summed E-state index contributed by atoms with van der Waals surface area (Å²) in [7, 11) is -2.14. The summed E-state index contributed by atoms with van der Waals surface area (Å²) in [6, 6.07) is 16.6. The summed E-state index contributed by atoms with van der Waals surface area (Å²) < 4.78 is 26.3. The third-order valence-corrected chi connectivity index (χ3v) is 6.87. The van der Waals surface area contributed by atoms with E-state index in [0.29, 0.717) is 0 Å². The third-order valence-electron chi connectivity index (χ3n) is 5.46. The number of hydrogen-bond acceptors (Lipinski definition) is 4. The van der Waals surface area contributed by atoms with Gasteiger partial charge >= 0.3 is 6.03 Å². The molecule has 30 heavy (non-hydrogen) atoms. The zero-order valence-electron chi connectivity index (χ0n) is 17.5. The van der Waals surface area contributed by atoms with Crippen molar-refractivity contribution in [1.29, 1.82) is 0 Å². The molecule has 1 atom stereocenters. The average Bonchev–Trinajstić information content (AvgIpc) is 2.76. The molecule has 3 N–H and O–H groups in total. The fourth-order valence-electron chi connectivity index (χ4n) is 3.65. The van der Waals surface area contributed by atoms with E-state index >= 15 is 0 Å². The van der Waals surface area contributed by atoms with Crippen molar-refractivity contribution in [1.82, 2.24) is 20.3 Å². The predicted molar refractivity (Wildman–Crippen MR) is 118 cm³/mol. The maximum Gasteiger partial charge on any atom is 0.315 e. The highest BCUT2D eigenvalue weighted by Crippen LogP contribution is 2.18. The van der Waals surface area contributed by atoms with Gasteiger partial charge in [-0.3, -0.25) is 4.90 Å². The number of likely N-dealkylation sites (tertiary alicyclic amines) is 1. The normalized spacial score (nSPS) is 16.7. The van der Waals surface area contributed by atoms with E-state index in [2.05, 4.69) is 44.5 Å². The summed E-state index contributed by atoms with van der Waals surface area (Å²) in [5.74, 6) is 0. The van der Waals surface area contributed by atoms with Gasteiger partial charge in [0.1, 0.15) is 0 Å². The van der Waals surface area contributed by atoms with Crippen molar-refractivity contribution < 1.29 is 13.2 Å². The number of piperidine rings is 1. The molecule has 1 fully saturated rings. The number of nitrogens with one attached hydrogen (secondary N) is 3. The molecule has 3 rings (SSSR count). The van der Waals surface area contributed by atoms with Crippen LogP contribution >= 0.6 is 0 Å². The number of rotatable bonds is 7. The van der Waals surface area contributed by atoms with Crippen molar-refractivity contribution in [3.63, 3.8) is 0 Å². The SMILES string of the molecule is CNS(=O)(=O)c1cccc(C(C)NC(=O)NC2CCN(Cc3ccccc3)CC2)c1. The summed E-state index contributed by atoms with van der Waals surface area (Å²) >= 11 is 0.